The summed E-state index contributed by atoms with van der Waals surface area (Å²) in [6, 6.07) is 21.0. The van der Waals surface area contributed by atoms with Crippen molar-refractivity contribution < 1.29 is 9.72 Å². The number of nitrogens with one attached hydrogen (secondary N) is 2. The largest absolute Gasteiger partial charge is 0.350 e. The molecule has 1 heterocycles. The van der Waals surface area contributed by atoms with Crippen molar-refractivity contribution in [3.8, 4) is 0 Å². The minimum atomic E-state index is -0.440. The van der Waals surface area contributed by atoms with E-state index in [0.717, 1.165) is 11.3 Å². The number of rotatable bonds is 10. The zero-order valence-corrected chi connectivity index (χ0v) is 19.9. The van der Waals surface area contributed by atoms with Crippen LogP contribution in [-0.4, -0.2) is 32.5 Å². The lowest BCUT2D eigenvalue weighted by molar-refractivity contribution is -0.384. The van der Waals surface area contributed by atoms with Crippen LogP contribution in [0.15, 0.2) is 79.3 Å². The van der Waals surface area contributed by atoms with Gasteiger partial charge < -0.3 is 15.2 Å². The van der Waals surface area contributed by atoms with Crippen LogP contribution in [0.25, 0.3) is 10.8 Å². The second-order valence-corrected chi connectivity index (χ2v) is 9.29. The van der Waals surface area contributed by atoms with Gasteiger partial charge in [-0.25, -0.2) is 4.98 Å². The Balaban J connectivity index is 1.31. The van der Waals surface area contributed by atoms with Crippen molar-refractivity contribution in [1.82, 2.24) is 20.2 Å². The molecule has 1 amide bonds. The highest BCUT2D eigenvalue weighted by atomic mass is 16.6. The van der Waals surface area contributed by atoms with Gasteiger partial charge in [0.25, 0.3) is 5.69 Å². The second-order valence-electron chi connectivity index (χ2n) is 9.29. The third-order valence-corrected chi connectivity index (χ3v) is 5.88. The third-order valence-electron chi connectivity index (χ3n) is 5.88. The maximum atomic E-state index is 12.8. The second kappa shape index (κ2) is 10.5. The SMILES string of the molecule is CC(C)(CNCc1cccc2ccccc12)NC(=O)Cc1cncn1Cc1ccc([N+](=O)[O-])cc1. The number of amides is 1. The lowest BCUT2D eigenvalue weighted by atomic mass is 10.0. The van der Waals surface area contributed by atoms with Crippen LogP contribution in [0.4, 0.5) is 5.69 Å². The fourth-order valence-electron chi connectivity index (χ4n) is 4.14. The monoisotopic (exact) mass is 471 g/mol. The number of nitrogens with zero attached hydrogens (tertiary/aromatic N) is 3. The number of carbonyl (C=O) groups excluding carboxylic acids is 1. The van der Waals surface area contributed by atoms with E-state index >= 15 is 0 Å². The van der Waals surface area contributed by atoms with E-state index < -0.39 is 10.5 Å². The number of non-ortho nitro benzene ring substituents is 1. The van der Waals surface area contributed by atoms with E-state index in [2.05, 4.69) is 45.9 Å². The van der Waals surface area contributed by atoms with Gasteiger partial charge in [0.05, 0.1) is 17.7 Å². The first kappa shape index (κ1) is 24.1. The molecule has 0 spiro atoms. The molecule has 0 fully saturated rings. The molecule has 8 nitrogen and oxygen atoms in total. The molecule has 0 atom stereocenters. The highest BCUT2D eigenvalue weighted by Gasteiger charge is 2.21. The highest BCUT2D eigenvalue weighted by molar-refractivity contribution is 5.85. The number of benzene rings is 3. The van der Waals surface area contributed by atoms with E-state index in [9.17, 15) is 14.9 Å². The summed E-state index contributed by atoms with van der Waals surface area (Å²) in [5, 5.41) is 19.9. The van der Waals surface area contributed by atoms with E-state index in [4.69, 9.17) is 0 Å². The molecule has 8 heteroatoms. The number of nitro benzene ring substituents is 1. The van der Waals surface area contributed by atoms with Gasteiger partial charge in [-0.05, 0) is 35.7 Å². The molecule has 0 radical (unpaired) electrons. The molecule has 0 aliphatic heterocycles. The van der Waals surface area contributed by atoms with Crippen LogP contribution in [0.2, 0.25) is 0 Å². The molecule has 1 aromatic heterocycles. The summed E-state index contributed by atoms with van der Waals surface area (Å²) in [7, 11) is 0. The molecular weight excluding hydrogens is 442 g/mol. The fourth-order valence-corrected chi connectivity index (χ4v) is 4.14. The maximum absolute atomic E-state index is 12.8. The van der Waals surface area contributed by atoms with Crippen molar-refractivity contribution in [3.05, 3.63) is 106 Å². The molecule has 0 aliphatic carbocycles. The molecule has 3 aromatic carbocycles. The number of imidazole rings is 1. The third kappa shape index (κ3) is 6.30. The van der Waals surface area contributed by atoms with Crippen LogP contribution in [0.5, 0.6) is 0 Å². The fraction of sp³-hybridized carbons (Fsp3) is 0.259. The molecule has 4 rings (SSSR count). The van der Waals surface area contributed by atoms with Gasteiger partial charge in [-0.2, -0.15) is 0 Å². The smallest absolute Gasteiger partial charge is 0.269 e. The minimum Gasteiger partial charge on any atom is -0.350 e. The van der Waals surface area contributed by atoms with E-state index in [1.165, 1.54) is 28.5 Å². The van der Waals surface area contributed by atoms with Crippen LogP contribution in [0.3, 0.4) is 0 Å². The Morgan fingerprint density at radius 2 is 1.80 bits per heavy atom. The van der Waals surface area contributed by atoms with Crippen LogP contribution in [-0.2, 0) is 24.3 Å². The number of aromatic nitrogens is 2. The van der Waals surface area contributed by atoms with Gasteiger partial charge in [0.2, 0.25) is 5.91 Å². The molecule has 0 saturated carbocycles. The van der Waals surface area contributed by atoms with Gasteiger partial charge in [-0.3, -0.25) is 14.9 Å². The van der Waals surface area contributed by atoms with E-state index in [1.807, 2.05) is 30.5 Å². The Kier molecular flexibility index (Phi) is 7.22. The Morgan fingerprint density at radius 3 is 2.57 bits per heavy atom. The van der Waals surface area contributed by atoms with Gasteiger partial charge >= 0.3 is 0 Å². The standard InChI is InChI=1S/C27H29N5O3/c1-27(2,18-28-15-22-8-5-7-21-6-3-4-9-25(21)22)30-26(33)14-24-16-29-19-31(24)17-20-10-12-23(13-11-20)32(34)35/h3-13,16,19,28H,14-15,17-18H2,1-2H3,(H,30,33). The van der Waals surface area contributed by atoms with Crippen LogP contribution in [0, 0.1) is 10.1 Å². The lowest BCUT2D eigenvalue weighted by Crippen LogP contribution is -2.50. The first-order valence-corrected chi connectivity index (χ1v) is 11.5. The highest BCUT2D eigenvalue weighted by Crippen LogP contribution is 2.18. The summed E-state index contributed by atoms with van der Waals surface area (Å²) < 4.78 is 1.88. The average Bonchev–Trinajstić information content (AvgIpc) is 3.25. The quantitative estimate of drug-likeness (QED) is 0.266. The Hall–Kier alpha value is -4.04. The number of hydrogen-bond acceptors (Lipinski definition) is 5. The summed E-state index contributed by atoms with van der Waals surface area (Å²) in [4.78, 5) is 27.4. The summed E-state index contributed by atoms with van der Waals surface area (Å²) in [6.07, 6.45) is 3.54. The zero-order chi connectivity index (χ0) is 24.8. The summed E-state index contributed by atoms with van der Waals surface area (Å²) >= 11 is 0. The topological polar surface area (TPSA) is 102 Å². The van der Waals surface area contributed by atoms with Gasteiger partial charge in [-0.15, -0.1) is 0 Å². The number of hydrogen-bond donors (Lipinski definition) is 2. The van der Waals surface area contributed by atoms with Crippen LogP contribution >= 0.6 is 0 Å². The molecule has 4 aromatic rings. The molecule has 0 unspecified atom stereocenters. The molecule has 35 heavy (non-hydrogen) atoms. The lowest BCUT2D eigenvalue weighted by Gasteiger charge is -2.27. The first-order chi connectivity index (χ1) is 16.8. The van der Waals surface area contributed by atoms with Crippen LogP contribution < -0.4 is 10.6 Å². The average molecular weight is 472 g/mol. The van der Waals surface area contributed by atoms with Crippen molar-refractivity contribution in [2.24, 2.45) is 0 Å². The number of nitro groups is 1. The van der Waals surface area contributed by atoms with E-state index in [0.29, 0.717) is 19.6 Å². The normalized spacial score (nSPS) is 11.5. The molecular formula is C27H29N5O3. The van der Waals surface area contributed by atoms with Gasteiger partial charge in [0, 0.05) is 49.2 Å². The van der Waals surface area contributed by atoms with Crippen molar-refractivity contribution in [2.45, 2.75) is 38.9 Å². The van der Waals surface area contributed by atoms with E-state index in [-0.39, 0.29) is 18.0 Å². The van der Waals surface area contributed by atoms with Gasteiger partial charge in [0.1, 0.15) is 0 Å². The molecule has 2 N–H and O–H groups in total. The Bertz CT molecular complexity index is 1320. The predicted molar refractivity (Wildman–Crippen MR) is 136 cm³/mol. The summed E-state index contributed by atoms with van der Waals surface area (Å²) in [6.45, 7) is 5.80. The zero-order valence-electron chi connectivity index (χ0n) is 19.9. The molecule has 180 valence electrons. The van der Waals surface area contributed by atoms with Crippen LogP contribution in [0.1, 0.15) is 30.7 Å². The maximum Gasteiger partial charge on any atom is 0.269 e. The number of fused-ring (bicyclic) bond motifs is 1. The Morgan fingerprint density at radius 1 is 1.06 bits per heavy atom. The summed E-state index contributed by atoms with van der Waals surface area (Å²) in [5.74, 6) is -0.0904. The van der Waals surface area contributed by atoms with Gasteiger partial charge in [-0.1, -0.05) is 54.6 Å². The minimum absolute atomic E-state index is 0.0512. The molecule has 0 bridgehead atoms. The van der Waals surface area contributed by atoms with Crippen molar-refractivity contribution in [3.63, 3.8) is 0 Å². The van der Waals surface area contributed by atoms with Crippen molar-refractivity contribution in [2.75, 3.05) is 6.54 Å². The molecule has 0 saturated heterocycles. The predicted octanol–water partition coefficient (Wildman–Crippen LogP) is 4.22. The van der Waals surface area contributed by atoms with E-state index in [1.54, 1.807) is 24.7 Å². The van der Waals surface area contributed by atoms with Crippen molar-refractivity contribution >= 4 is 22.4 Å². The first-order valence-electron chi connectivity index (χ1n) is 11.5. The number of carbonyl (C=O) groups is 1. The Labute approximate surface area is 204 Å². The molecule has 0 aliphatic rings. The van der Waals surface area contributed by atoms with Crippen molar-refractivity contribution in [1.29, 1.82) is 0 Å². The summed E-state index contributed by atoms with van der Waals surface area (Å²) in [5.41, 5.74) is 2.51. The van der Waals surface area contributed by atoms with Gasteiger partial charge in [0.15, 0.2) is 0 Å².